The summed E-state index contributed by atoms with van der Waals surface area (Å²) < 4.78 is 42.6. The third-order valence-corrected chi connectivity index (χ3v) is 3.06. The Morgan fingerprint density at radius 1 is 1.50 bits per heavy atom. The number of aromatic nitrogens is 1. The molecule has 0 aliphatic carbocycles. The number of carbonyl (C=O) groups is 1. The van der Waals surface area contributed by atoms with Crippen molar-refractivity contribution in [3.63, 3.8) is 0 Å². The number of anilines is 1. The van der Waals surface area contributed by atoms with E-state index in [4.69, 9.17) is 9.84 Å². The Balaban J connectivity index is 2.19. The zero-order chi connectivity index (χ0) is 14.9. The van der Waals surface area contributed by atoms with Crippen LogP contribution in [0.25, 0.3) is 0 Å². The van der Waals surface area contributed by atoms with Crippen molar-refractivity contribution >= 4 is 11.8 Å². The molecule has 1 unspecified atom stereocenters. The minimum atomic E-state index is -4.42. The number of carboxylic acid groups (broad SMARTS) is 1. The Labute approximate surface area is 113 Å². The number of nitrogens with zero attached hydrogens (tertiary/aromatic N) is 2. The Kier molecular flexibility index (Phi) is 3.85. The third kappa shape index (κ3) is 3.01. The molecule has 1 N–H and O–H groups in total. The van der Waals surface area contributed by atoms with Crippen molar-refractivity contribution in [1.29, 1.82) is 0 Å². The highest BCUT2D eigenvalue weighted by atomic mass is 19.4. The molecule has 0 aromatic carbocycles. The first-order chi connectivity index (χ1) is 9.29. The van der Waals surface area contributed by atoms with Gasteiger partial charge in [0.05, 0.1) is 24.4 Å². The topological polar surface area (TPSA) is 62.7 Å². The van der Waals surface area contributed by atoms with E-state index in [0.717, 1.165) is 0 Å². The molecule has 1 aromatic rings. The van der Waals surface area contributed by atoms with E-state index in [1.807, 2.05) is 0 Å². The van der Waals surface area contributed by atoms with E-state index in [0.29, 0.717) is 5.82 Å². The number of alkyl halides is 3. The summed E-state index contributed by atoms with van der Waals surface area (Å²) in [5, 5.41) is 8.89. The van der Waals surface area contributed by atoms with Crippen LogP contribution in [0.3, 0.4) is 0 Å². The van der Waals surface area contributed by atoms with Crippen LogP contribution in [-0.4, -0.2) is 48.0 Å². The van der Waals surface area contributed by atoms with Crippen molar-refractivity contribution in [3.05, 3.63) is 23.4 Å². The first kappa shape index (κ1) is 14.6. The van der Waals surface area contributed by atoms with E-state index in [2.05, 4.69) is 4.98 Å². The molecular formula is C12H13F3N2O3. The minimum absolute atomic E-state index is 0.0365. The summed E-state index contributed by atoms with van der Waals surface area (Å²) in [5.41, 5.74) is 0.305. The van der Waals surface area contributed by atoms with Gasteiger partial charge in [-0.2, -0.15) is 13.2 Å². The number of morpholine rings is 1. The van der Waals surface area contributed by atoms with Gasteiger partial charge < -0.3 is 14.7 Å². The van der Waals surface area contributed by atoms with Crippen LogP contribution < -0.4 is 4.90 Å². The van der Waals surface area contributed by atoms with Crippen LogP contribution in [0.2, 0.25) is 0 Å². The lowest BCUT2D eigenvalue weighted by atomic mass is 10.2. The highest BCUT2D eigenvalue weighted by Gasteiger charge is 2.43. The average molecular weight is 290 g/mol. The lowest BCUT2D eigenvalue weighted by Gasteiger charge is -2.34. The maximum Gasteiger partial charge on any atom is 0.416 e. The van der Waals surface area contributed by atoms with Gasteiger partial charge in [-0.05, 0) is 19.1 Å². The number of rotatable bonds is 2. The van der Waals surface area contributed by atoms with E-state index < -0.39 is 18.2 Å². The number of carboxylic acids is 1. The molecule has 0 bridgehead atoms. The first-order valence-electron chi connectivity index (χ1n) is 5.93. The summed E-state index contributed by atoms with van der Waals surface area (Å²) >= 11 is 0. The normalized spacial score (nSPS) is 20.0. The Morgan fingerprint density at radius 2 is 2.20 bits per heavy atom. The summed E-state index contributed by atoms with van der Waals surface area (Å²) in [6, 6.07) is 2.76. The largest absolute Gasteiger partial charge is 0.478 e. The molecule has 20 heavy (non-hydrogen) atoms. The second kappa shape index (κ2) is 5.28. The number of aryl methyl sites for hydroxylation is 1. The summed E-state index contributed by atoms with van der Waals surface area (Å²) in [6.45, 7) is 1.40. The number of ether oxygens (including phenoxy) is 1. The van der Waals surface area contributed by atoms with Crippen LogP contribution in [0.15, 0.2) is 12.1 Å². The molecule has 0 spiro atoms. The third-order valence-electron chi connectivity index (χ3n) is 3.06. The number of pyridine rings is 1. The molecule has 1 aliphatic heterocycles. The number of aromatic carboxylic acids is 1. The van der Waals surface area contributed by atoms with Gasteiger partial charge in [0.1, 0.15) is 5.82 Å². The zero-order valence-corrected chi connectivity index (χ0v) is 10.6. The molecule has 1 atom stereocenters. The smallest absolute Gasteiger partial charge is 0.416 e. The molecule has 2 heterocycles. The number of hydrogen-bond donors (Lipinski definition) is 1. The summed E-state index contributed by atoms with van der Waals surface area (Å²) in [5.74, 6) is -0.790. The highest BCUT2D eigenvalue weighted by molar-refractivity contribution is 5.89. The van der Waals surface area contributed by atoms with Gasteiger partial charge in [0.2, 0.25) is 0 Å². The number of hydrogen-bond acceptors (Lipinski definition) is 4. The van der Waals surface area contributed by atoms with Crippen LogP contribution in [0, 0.1) is 6.92 Å². The minimum Gasteiger partial charge on any atom is -0.478 e. The lowest BCUT2D eigenvalue weighted by molar-refractivity contribution is -0.221. The van der Waals surface area contributed by atoms with Gasteiger partial charge in [0, 0.05) is 6.54 Å². The molecule has 1 aromatic heterocycles. The summed E-state index contributed by atoms with van der Waals surface area (Å²) in [7, 11) is 0. The van der Waals surface area contributed by atoms with Gasteiger partial charge in [0.15, 0.2) is 6.10 Å². The molecule has 0 radical (unpaired) electrons. The van der Waals surface area contributed by atoms with Crippen molar-refractivity contribution in [1.82, 2.24) is 4.98 Å². The fourth-order valence-corrected chi connectivity index (χ4v) is 2.01. The van der Waals surface area contributed by atoms with Crippen LogP contribution in [0.5, 0.6) is 0 Å². The predicted octanol–water partition coefficient (Wildman–Crippen LogP) is 1.86. The predicted molar refractivity (Wildman–Crippen MR) is 63.9 cm³/mol. The van der Waals surface area contributed by atoms with Gasteiger partial charge in [-0.3, -0.25) is 0 Å². The van der Waals surface area contributed by atoms with Gasteiger partial charge in [0.25, 0.3) is 0 Å². The standard InChI is InChI=1S/C12H13F3N2O3/c1-7-8(11(18)19)2-3-10(16-7)17-4-5-20-9(6-17)12(13,14)15/h2-3,9H,4-6H2,1H3,(H,18,19). The molecule has 1 saturated heterocycles. The quantitative estimate of drug-likeness (QED) is 0.900. The van der Waals surface area contributed by atoms with Gasteiger partial charge in [-0.25, -0.2) is 9.78 Å². The van der Waals surface area contributed by atoms with Crippen LogP contribution in [0.1, 0.15) is 16.1 Å². The van der Waals surface area contributed by atoms with Crippen molar-refractivity contribution in [2.24, 2.45) is 0 Å². The second-order valence-electron chi connectivity index (χ2n) is 4.45. The van der Waals surface area contributed by atoms with Crippen molar-refractivity contribution < 1.29 is 27.8 Å². The van der Waals surface area contributed by atoms with Crippen LogP contribution in [0.4, 0.5) is 19.0 Å². The monoisotopic (exact) mass is 290 g/mol. The lowest BCUT2D eigenvalue weighted by Crippen LogP contribution is -2.49. The fourth-order valence-electron chi connectivity index (χ4n) is 2.01. The second-order valence-corrected chi connectivity index (χ2v) is 4.45. The highest BCUT2D eigenvalue weighted by Crippen LogP contribution is 2.27. The average Bonchev–Trinajstić information content (AvgIpc) is 2.37. The molecule has 110 valence electrons. The van der Waals surface area contributed by atoms with Crippen molar-refractivity contribution in [2.45, 2.75) is 19.2 Å². The fraction of sp³-hybridized carbons (Fsp3) is 0.500. The maximum absolute atomic E-state index is 12.6. The maximum atomic E-state index is 12.6. The Hall–Kier alpha value is -1.83. The van der Waals surface area contributed by atoms with Crippen LogP contribution in [-0.2, 0) is 4.74 Å². The Bertz CT molecular complexity index is 519. The first-order valence-corrected chi connectivity index (χ1v) is 5.93. The SMILES string of the molecule is Cc1nc(N2CCOC(C(F)(F)F)C2)ccc1C(=O)O. The summed E-state index contributed by atoms with van der Waals surface area (Å²) in [6.07, 6.45) is -6.27. The molecule has 0 amide bonds. The van der Waals surface area contributed by atoms with Gasteiger partial charge in [-0.1, -0.05) is 0 Å². The molecular weight excluding hydrogens is 277 g/mol. The molecule has 2 rings (SSSR count). The molecule has 1 fully saturated rings. The van der Waals surface area contributed by atoms with E-state index in [1.165, 1.54) is 24.0 Å². The van der Waals surface area contributed by atoms with Gasteiger partial charge >= 0.3 is 12.1 Å². The van der Waals surface area contributed by atoms with E-state index >= 15 is 0 Å². The van der Waals surface area contributed by atoms with E-state index in [-0.39, 0.29) is 31.0 Å². The van der Waals surface area contributed by atoms with E-state index in [9.17, 15) is 18.0 Å². The Morgan fingerprint density at radius 3 is 2.75 bits per heavy atom. The molecule has 1 aliphatic rings. The molecule has 5 nitrogen and oxygen atoms in total. The van der Waals surface area contributed by atoms with Crippen molar-refractivity contribution in [2.75, 3.05) is 24.6 Å². The van der Waals surface area contributed by atoms with Crippen molar-refractivity contribution in [3.8, 4) is 0 Å². The van der Waals surface area contributed by atoms with Crippen LogP contribution >= 0.6 is 0 Å². The zero-order valence-electron chi connectivity index (χ0n) is 10.6. The molecule has 0 saturated carbocycles. The number of halogens is 3. The molecule has 8 heteroatoms. The van der Waals surface area contributed by atoms with Gasteiger partial charge in [-0.15, -0.1) is 0 Å². The summed E-state index contributed by atoms with van der Waals surface area (Å²) in [4.78, 5) is 16.4. The van der Waals surface area contributed by atoms with E-state index in [1.54, 1.807) is 0 Å².